The van der Waals surface area contributed by atoms with Gasteiger partial charge in [-0.25, -0.2) is 14.0 Å². The van der Waals surface area contributed by atoms with Crippen molar-refractivity contribution in [3.8, 4) is 0 Å². The monoisotopic (exact) mass is 448 g/mol. The van der Waals surface area contributed by atoms with Crippen LogP contribution in [0, 0.1) is 5.92 Å². The van der Waals surface area contributed by atoms with E-state index < -0.39 is 11.8 Å². The number of nitrogens with zero attached hydrogens (tertiary/aromatic N) is 2. The molecule has 32 heavy (non-hydrogen) atoms. The number of alkyl halides is 1. The minimum Gasteiger partial charge on any atom is -0.445 e. The van der Waals surface area contributed by atoms with Crippen LogP contribution in [-0.4, -0.2) is 59.4 Å². The van der Waals surface area contributed by atoms with Gasteiger partial charge in [-0.05, 0) is 70.8 Å². The smallest absolute Gasteiger partial charge is 0.410 e. The Morgan fingerprint density at radius 1 is 1.00 bits per heavy atom. The Balaban J connectivity index is 1.46. The molecule has 0 saturated carbocycles. The van der Waals surface area contributed by atoms with Crippen molar-refractivity contribution in [1.82, 2.24) is 9.80 Å². The zero-order valence-corrected chi connectivity index (χ0v) is 19.6. The highest BCUT2D eigenvalue weighted by atomic mass is 19.1. The van der Waals surface area contributed by atoms with Gasteiger partial charge >= 0.3 is 12.2 Å². The third kappa shape index (κ3) is 7.38. The van der Waals surface area contributed by atoms with E-state index in [-0.39, 0.29) is 24.8 Å². The molecule has 7 heteroatoms. The van der Waals surface area contributed by atoms with Gasteiger partial charge in [0, 0.05) is 25.7 Å². The number of carbonyl (C=O) groups is 2. The number of piperidine rings is 2. The normalized spacial score (nSPS) is 22.5. The summed E-state index contributed by atoms with van der Waals surface area (Å²) >= 11 is 0. The number of rotatable bonds is 5. The van der Waals surface area contributed by atoms with Crippen molar-refractivity contribution in [2.75, 3.05) is 19.6 Å². The summed E-state index contributed by atoms with van der Waals surface area (Å²) in [5.41, 5.74) is 0.450. The molecule has 0 bridgehead atoms. The molecule has 3 rings (SSSR count). The standard InChI is InChI=1S/C25H37FN2O4/c1-25(2,3)32-23(29)27-14-11-19(12-15-27)9-10-22-17-21(26)13-16-28(22)24(30)31-18-20-7-5-4-6-8-20/h4-8,19,21-22H,9-18H2,1-3H3. The SMILES string of the molecule is CC(C)(C)OC(=O)N1CCC(CCC2CC(F)CCN2C(=O)OCc2ccccc2)CC1. The molecule has 6 nitrogen and oxygen atoms in total. The molecule has 0 radical (unpaired) electrons. The summed E-state index contributed by atoms with van der Waals surface area (Å²) in [7, 11) is 0. The second-order valence-corrected chi connectivity index (χ2v) is 10.00. The average Bonchev–Trinajstić information content (AvgIpc) is 2.76. The number of amides is 2. The second-order valence-electron chi connectivity index (χ2n) is 10.00. The fourth-order valence-electron chi connectivity index (χ4n) is 4.48. The van der Waals surface area contributed by atoms with Crippen molar-refractivity contribution in [3.63, 3.8) is 0 Å². The molecule has 178 valence electrons. The van der Waals surface area contributed by atoms with Gasteiger partial charge in [0.05, 0.1) is 0 Å². The number of ether oxygens (including phenoxy) is 2. The lowest BCUT2D eigenvalue weighted by molar-refractivity contribution is 0.0167. The van der Waals surface area contributed by atoms with Crippen LogP contribution in [0.2, 0.25) is 0 Å². The molecule has 0 spiro atoms. The third-order valence-corrected chi connectivity index (χ3v) is 6.27. The number of benzene rings is 1. The fraction of sp³-hybridized carbons (Fsp3) is 0.680. The largest absolute Gasteiger partial charge is 0.445 e. The van der Waals surface area contributed by atoms with Crippen molar-refractivity contribution in [2.24, 2.45) is 5.92 Å². The minimum atomic E-state index is -0.868. The van der Waals surface area contributed by atoms with Crippen LogP contribution >= 0.6 is 0 Å². The summed E-state index contributed by atoms with van der Waals surface area (Å²) in [4.78, 5) is 28.4. The summed E-state index contributed by atoms with van der Waals surface area (Å²) < 4.78 is 25.1. The van der Waals surface area contributed by atoms with Gasteiger partial charge < -0.3 is 19.3 Å². The van der Waals surface area contributed by atoms with E-state index in [1.54, 1.807) is 9.80 Å². The molecular weight excluding hydrogens is 411 g/mol. The predicted molar refractivity (Wildman–Crippen MR) is 121 cm³/mol. The summed E-state index contributed by atoms with van der Waals surface area (Å²) in [6.45, 7) is 7.60. The maximum absolute atomic E-state index is 14.1. The first kappa shape index (κ1) is 24.3. The molecule has 2 amide bonds. The molecule has 2 aliphatic heterocycles. The van der Waals surface area contributed by atoms with Crippen LogP contribution in [-0.2, 0) is 16.1 Å². The maximum Gasteiger partial charge on any atom is 0.410 e. The Bertz CT molecular complexity index is 744. The van der Waals surface area contributed by atoms with E-state index in [4.69, 9.17) is 9.47 Å². The highest BCUT2D eigenvalue weighted by Crippen LogP contribution is 2.29. The molecule has 0 aromatic heterocycles. The Morgan fingerprint density at radius 2 is 1.69 bits per heavy atom. The predicted octanol–water partition coefficient (Wildman–Crippen LogP) is 5.55. The Labute approximate surface area is 191 Å². The van der Waals surface area contributed by atoms with Crippen LogP contribution in [0.3, 0.4) is 0 Å². The van der Waals surface area contributed by atoms with Crippen molar-refractivity contribution < 1.29 is 23.5 Å². The Kier molecular flexibility index (Phi) is 8.38. The highest BCUT2D eigenvalue weighted by molar-refractivity contribution is 5.68. The second kappa shape index (κ2) is 11.0. The van der Waals surface area contributed by atoms with Crippen LogP contribution in [0.15, 0.2) is 30.3 Å². The molecule has 0 aliphatic carbocycles. The summed E-state index contributed by atoms with van der Waals surface area (Å²) in [5.74, 6) is 0.468. The first-order valence-electron chi connectivity index (χ1n) is 11.8. The van der Waals surface area contributed by atoms with E-state index in [1.807, 2.05) is 51.1 Å². The van der Waals surface area contributed by atoms with Gasteiger partial charge in [0.2, 0.25) is 0 Å². The van der Waals surface area contributed by atoms with Crippen molar-refractivity contribution in [2.45, 2.75) is 83.7 Å². The number of hydrogen-bond acceptors (Lipinski definition) is 4. The lowest BCUT2D eigenvalue weighted by Gasteiger charge is -2.38. The molecular formula is C25H37FN2O4. The van der Waals surface area contributed by atoms with Crippen LogP contribution in [0.25, 0.3) is 0 Å². The maximum atomic E-state index is 14.1. The molecule has 2 unspecified atom stereocenters. The third-order valence-electron chi connectivity index (χ3n) is 6.27. The van der Waals surface area contributed by atoms with Crippen LogP contribution in [0.1, 0.15) is 64.9 Å². The molecule has 1 aromatic carbocycles. The number of halogens is 1. The van der Waals surface area contributed by atoms with Gasteiger partial charge in [0.1, 0.15) is 18.4 Å². The quantitative estimate of drug-likeness (QED) is 0.592. The molecule has 2 saturated heterocycles. The Morgan fingerprint density at radius 3 is 2.34 bits per heavy atom. The first-order chi connectivity index (χ1) is 15.2. The fourth-order valence-corrected chi connectivity index (χ4v) is 4.48. The molecule has 2 heterocycles. The van der Waals surface area contributed by atoms with Gasteiger partial charge in [-0.2, -0.15) is 0 Å². The van der Waals surface area contributed by atoms with E-state index in [0.29, 0.717) is 38.4 Å². The van der Waals surface area contributed by atoms with Gasteiger partial charge in [0.25, 0.3) is 0 Å². The van der Waals surface area contributed by atoms with Crippen molar-refractivity contribution in [1.29, 1.82) is 0 Å². The summed E-state index contributed by atoms with van der Waals surface area (Å²) in [6, 6.07) is 9.45. The van der Waals surface area contributed by atoms with E-state index in [0.717, 1.165) is 31.2 Å². The number of carbonyl (C=O) groups excluding carboxylic acids is 2. The van der Waals surface area contributed by atoms with E-state index in [1.165, 1.54) is 0 Å². The molecule has 0 N–H and O–H groups in total. The molecule has 2 fully saturated rings. The summed E-state index contributed by atoms with van der Waals surface area (Å²) in [6.07, 6.45) is 2.75. The van der Waals surface area contributed by atoms with Gasteiger partial charge in [-0.15, -0.1) is 0 Å². The molecule has 1 aromatic rings. The summed E-state index contributed by atoms with van der Waals surface area (Å²) in [5, 5.41) is 0. The van der Waals surface area contributed by atoms with E-state index in [2.05, 4.69) is 0 Å². The highest BCUT2D eigenvalue weighted by Gasteiger charge is 2.34. The van der Waals surface area contributed by atoms with Gasteiger partial charge in [0.15, 0.2) is 0 Å². The zero-order chi connectivity index (χ0) is 23.1. The molecule has 2 atom stereocenters. The lowest BCUT2D eigenvalue weighted by atomic mass is 9.88. The number of likely N-dealkylation sites (tertiary alicyclic amines) is 2. The van der Waals surface area contributed by atoms with E-state index in [9.17, 15) is 14.0 Å². The minimum absolute atomic E-state index is 0.133. The lowest BCUT2D eigenvalue weighted by Crippen LogP contribution is -2.47. The molecule has 2 aliphatic rings. The van der Waals surface area contributed by atoms with Crippen LogP contribution in [0.4, 0.5) is 14.0 Å². The topological polar surface area (TPSA) is 59.1 Å². The first-order valence-corrected chi connectivity index (χ1v) is 11.8. The van der Waals surface area contributed by atoms with Gasteiger partial charge in [-0.3, -0.25) is 0 Å². The van der Waals surface area contributed by atoms with Crippen molar-refractivity contribution >= 4 is 12.2 Å². The average molecular weight is 449 g/mol. The van der Waals surface area contributed by atoms with Crippen LogP contribution in [0.5, 0.6) is 0 Å². The number of hydrogen-bond donors (Lipinski definition) is 0. The van der Waals surface area contributed by atoms with Crippen LogP contribution < -0.4 is 0 Å². The Hall–Kier alpha value is -2.31. The van der Waals surface area contributed by atoms with E-state index >= 15 is 0 Å². The zero-order valence-electron chi connectivity index (χ0n) is 19.6. The van der Waals surface area contributed by atoms with Gasteiger partial charge in [-0.1, -0.05) is 30.3 Å². The van der Waals surface area contributed by atoms with Crippen molar-refractivity contribution in [3.05, 3.63) is 35.9 Å².